The molecule has 0 amide bonds. The van der Waals surface area contributed by atoms with E-state index in [2.05, 4.69) is 53.2 Å². The van der Waals surface area contributed by atoms with Gasteiger partial charge in [0, 0.05) is 4.48 Å². The maximum Gasteiger partial charge on any atom is 0.118 e. The lowest BCUT2D eigenvalue weighted by Crippen LogP contribution is -1.82. The summed E-state index contributed by atoms with van der Waals surface area (Å²) in [5, 5.41) is 0. The summed E-state index contributed by atoms with van der Waals surface area (Å²) < 4.78 is 6.22. The maximum atomic E-state index is 5.14. The van der Waals surface area contributed by atoms with E-state index in [9.17, 15) is 0 Å². The molecule has 18 heavy (non-hydrogen) atoms. The molecule has 0 heterocycles. The maximum absolute atomic E-state index is 5.14. The molecule has 0 bridgehead atoms. The van der Waals surface area contributed by atoms with Crippen LogP contribution in [0.1, 0.15) is 16.7 Å². The zero-order valence-corrected chi connectivity index (χ0v) is 12.1. The summed E-state index contributed by atoms with van der Waals surface area (Å²) in [5.41, 5.74) is 3.59. The Morgan fingerprint density at radius 1 is 1.00 bits per heavy atom. The van der Waals surface area contributed by atoms with Gasteiger partial charge >= 0.3 is 0 Å². The largest absolute Gasteiger partial charge is 0.497 e. The van der Waals surface area contributed by atoms with E-state index in [4.69, 9.17) is 4.74 Å². The highest BCUT2D eigenvalue weighted by Crippen LogP contribution is 2.25. The third-order valence-electron chi connectivity index (χ3n) is 2.74. The zero-order chi connectivity index (χ0) is 13.0. The Hall–Kier alpha value is -1.54. The van der Waals surface area contributed by atoms with Crippen molar-refractivity contribution in [1.29, 1.82) is 0 Å². The first-order valence-corrected chi connectivity index (χ1v) is 6.56. The van der Waals surface area contributed by atoms with Crippen molar-refractivity contribution in [2.75, 3.05) is 7.11 Å². The summed E-state index contributed by atoms with van der Waals surface area (Å²) in [6.45, 7) is 2.09. The topological polar surface area (TPSA) is 9.23 Å². The fourth-order valence-electron chi connectivity index (χ4n) is 1.64. The molecule has 0 aliphatic rings. The van der Waals surface area contributed by atoms with Gasteiger partial charge in [-0.3, -0.25) is 0 Å². The summed E-state index contributed by atoms with van der Waals surface area (Å²) in [5.74, 6) is 0.874. The predicted molar refractivity (Wildman–Crippen MR) is 81.0 cm³/mol. The molecule has 0 saturated carbocycles. The van der Waals surface area contributed by atoms with Crippen molar-refractivity contribution in [3.05, 3.63) is 65.2 Å². The van der Waals surface area contributed by atoms with Gasteiger partial charge in [-0.05, 0) is 36.3 Å². The molecule has 0 radical (unpaired) electrons. The van der Waals surface area contributed by atoms with E-state index in [1.807, 2.05) is 24.3 Å². The van der Waals surface area contributed by atoms with Crippen LogP contribution in [0.4, 0.5) is 0 Å². The van der Waals surface area contributed by atoms with Crippen LogP contribution < -0.4 is 4.74 Å². The summed E-state index contributed by atoms with van der Waals surface area (Å²) in [6, 6.07) is 16.4. The number of rotatable bonds is 3. The SMILES string of the molecule is COc1ccc(/C=C(/Br)c2ccc(C)cc2)cc1. The van der Waals surface area contributed by atoms with Gasteiger partial charge in [-0.15, -0.1) is 0 Å². The molecule has 0 saturated heterocycles. The van der Waals surface area contributed by atoms with Gasteiger partial charge in [0.15, 0.2) is 0 Å². The Morgan fingerprint density at radius 3 is 2.17 bits per heavy atom. The average molecular weight is 303 g/mol. The molecule has 2 aromatic rings. The molecule has 2 rings (SSSR count). The number of hydrogen-bond donors (Lipinski definition) is 0. The molecule has 0 unspecified atom stereocenters. The van der Waals surface area contributed by atoms with Crippen LogP contribution in [-0.4, -0.2) is 7.11 Å². The number of benzene rings is 2. The van der Waals surface area contributed by atoms with Crippen molar-refractivity contribution >= 4 is 26.5 Å². The van der Waals surface area contributed by atoms with Gasteiger partial charge < -0.3 is 4.74 Å². The normalized spacial score (nSPS) is 11.4. The first-order valence-electron chi connectivity index (χ1n) is 5.77. The second kappa shape index (κ2) is 5.87. The van der Waals surface area contributed by atoms with Crippen LogP contribution in [0.5, 0.6) is 5.75 Å². The van der Waals surface area contributed by atoms with Crippen molar-refractivity contribution in [3.63, 3.8) is 0 Å². The Morgan fingerprint density at radius 2 is 1.61 bits per heavy atom. The van der Waals surface area contributed by atoms with Gasteiger partial charge in [-0.1, -0.05) is 57.9 Å². The van der Waals surface area contributed by atoms with E-state index in [1.165, 1.54) is 11.1 Å². The molecule has 2 heteroatoms. The number of methoxy groups -OCH3 is 1. The van der Waals surface area contributed by atoms with E-state index in [1.54, 1.807) is 7.11 Å². The molecule has 0 atom stereocenters. The molecule has 0 aromatic heterocycles. The lowest BCUT2D eigenvalue weighted by molar-refractivity contribution is 0.415. The molecule has 92 valence electrons. The Labute approximate surface area is 116 Å². The molecule has 0 aliphatic carbocycles. The summed E-state index contributed by atoms with van der Waals surface area (Å²) in [7, 11) is 1.67. The molecular weight excluding hydrogens is 288 g/mol. The number of aryl methyl sites for hydroxylation is 1. The van der Waals surface area contributed by atoms with Gasteiger partial charge in [0.1, 0.15) is 5.75 Å². The fourth-order valence-corrected chi connectivity index (χ4v) is 2.17. The van der Waals surface area contributed by atoms with Gasteiger partial charge in [0.25, 0.3) is 0 Å². The van der Waals surface area contributed by atoms with Crippen molar-refractivity contribution in [3.8, 4) is 5.75 Å². The van der Waals surface area contributed by atoms with Gasteiger partial charge in [-0.25, -0.2) is 0 Å². The van der Waals surface area contributed by atoms with Crippen molar-refractivity contribution in [2.45, 2.75) is 6.92 Å². The van der Waals surface area contributed by atoms with E-state index in [-0.39, 0.29) is 0 Å². The summed E-state index contributed by atoms with van der Waals surface area (Å²) in [6.07, 6.45) is 2.10. The third-order valence-corrected chi connectivity index (χ3v) is 3.42. The monoisotopic (exact) mass is 302 g/mol. The molecule has 0 aliphatic heterocycles. The molecule has 0 N–H and O–H groups in total. The Bertz CT molecular complexity index is 538. The average Bonchev–Trinajstić information content (AvgIpc) is 2.40. The zero-order valence-electron chi connectivity index (χ0n) is 10.5. The Balaban J connectivity index is 2.23. The van der Waals surface area contributed by atoms with E-state index >= 15 is 0 Å². The second-order valence-electron chi connectivity index (χ2n) is 4.13. The van der Waals surface area contributed by atoms with Crippen LogP contribution in [0.3, 0.4) is 0 Å². The van der Waals surface area contributed by atoms with E-state index in [0.717, 1.165) is 15.8 Å². The van der Waals surface area contributed by atoms with Crippen LogP contribution >= 0.6 is 15.9 Å². The van der Waals surface area contributed by atoms with Gasteiger partial charge in [0.2, 0.25) is 0 Å². The lowest BCUT2D eigenvalue weighted by atomic mass is 10.1. The van der Waals surface area contributed by atoms with Gasteiger partial charge in [-0.2, -0.15) is 0 Å². The minimum Gasteiger partial charge on any atom is -0.497 e. The molecule has 1 nitrogen and oxygen atoms in total. The minimum absolute atomic E-state index is 0.874. The highest BCUT2D eigenvalue weighted by molar-refractivity contribution is 9.15. The van der Waals surface area contributed by atoms with Gasteiger partial charge in [0.05, 0.1) is 7.11 Å². The summed E-state index contributed by atoms with van der Waals surface area (Å²) in [4.78, 5) is 0. The summed E-state index contributed by atoms with van der Waals surface area (Å²) >= 11 is 3.61. The molecule has 0 fully saturated rings. The van der Waals surface area contributed by atoms with Crippen molar-refractivity contribution in [1.82, 2.24) is 0 Å². The second-order valence-corrected chi connectivity index (χ2v) is 4.99. The lowest BCUT2D eigenvalue weighted by Gasteiger charge is -2.02. The van der Waals surface area contributed by atoms with Crippen molar-refractivity contribution < 1.29 is 4.74 Å². The predicted octanol–water partition coefficient (Wildman–Crippen LogP) is 4.90. The standard InChI is InChI=1S/C16H15BrO/c1-12-3-7-14(8-4-12)16(17)11-13-5-9-15(18-2)10-6-13/h3-11H,1-2H3/b16-11+. The minimum atomic E-state index is 0.874. The fraction of sp³-hybridized carbons (Fsp3) is 0.125. The molecule has 0 spiro atoms. The van der Waals surface area contributed by atoms with Crippen LogP contribution in [-0.2, 0) is 0 Å². The quantitative estimate of drug-likeness (QED) is 0.733. The van der Waals surface area contributed by atoms with E-state index in [0.29, 0.717) is 0 Å². The Kier molecular flexibility index (Phi) is 4.21. The molecular formula is C16H15BrO. The first kappa shape index (κ1) is 12.9. The van der Waals surface area contributed by atoms with Crippen LogP contribution in [0.25, 0.3) is 10.6 Å². The number of ether oxygens (including phenoxy) is 1. The first-order chi connectivity index (χ1) is 8.69. The molecule has 2 aromatic carbocycles. The highest BCUT2D eigenvalue weighted by atomic mass is 79.9. The third kappa shape index (κ3) is 3.23. The smallest absolute Gasteiger partial charge is 0.118 e. The van der Waals surface area contributed by atoms with Crippen molar-refractivity contribution in [2.24, 2.45) is 0 Å². The highest BCUT2D eigenvalue weighted by Gasteiger charge is 1.98. The van der Waals surface area contributed by atoms with E-state index < -0.39 is 0 Å². The van der Waals surface area contributed by atoms with Crippen LogP contribution in [0.2, 0.25) is 0 Å². The van der Waals surface area contributed by atoms with Crippen LogP contribution in [0.15, 0.2) is 48.5 Å². The number of halogens is 1. The number of hydrogen-bond acceptors (Lipinski definition) is 1. The van der Waals surface area contributed by atoms with Crippen LogP contribution in [0, 0.1) is 6.92 Å².